The number of amides is 4. The zero-order chi connectivity index (χ0) is 17.9. The highest BCUT2D eigenvalue weighted by molar-refractivity contribution is 6.20. The van der Waals surface area contributed by atoms with Gasteiger partial charge in [-0.25, -0.2) is 4.79 Å². The molecule has 0 bridgehead atoms. The van der Waals surface area contributed by atoms with Gasteiger partial charge in [0, 0.05) is 24.8 Å². The molecule has 1 atom stereocenters. The number of hydrogen-bond donors (Lipinski definition) is 1. The number of rotatable bonds is 0. The molecule has 2 aliphatic heterocycles. The Morgan fingerprint density at radius 1 is 1.17 bits per heavy atom. The van der Waals surface area contributed by atoms with Crippen molar-refractivity contribution >= 4 is 23.5 Å². The molecule has 0 saturated carbocycles. The second kappa shape index (κ2) is 5.06. The maximum Gasteiger partial charge on any atom is 0.331 e. The summed E-state index contributed by atoms with van der Waals surface area (Å²) in [5.41, 5.74) is 1.09. The van der Waals surface area contributed by atoms with Crippen LogP contribution in [-0.2, 0) is 16.0 Å². The highest BCUT2D eigenvalue weighted by atomic mass is 16.2. The first-order chi connectivity index (χ1) is 11.1. The number of aryl methyl sites for hydroxylation is 1. The van der Waals surface area contributed by atoms with Gasteiger partial charge in [-0.3, -0.25) is 19.8 Å². The van der Waals surface area contributed by atoms with Gasteiger partial charge < -0.3 is 4.90 Å². The molecule has 6 nitrogen and oxygen atoms in total. The number of imide groups is 2. The van der Waals surface area contributed by atoms with Crippen molar-refractivity contribution in [1.29, 1.82) is 0 Å². The van der Waals surface area contributed by atoms with E-state index in [0.29, 0.717) is 6.42 Å². The Hall–Kier alpha value is -2.37. The molecule has 1 aromatic rings. The molecule has 6 heteroatoms. The van der Waals surface area contributed by atoms with E-state index in [1.54, 1.807) is 20.8 Å². The monoisotopic (exact) mass is 329 g/mol. The quantitative estimate of drug-likeness (QED) is 0.738. The number of anilines is 1. The largest absolute Gasteiger partial charge is 0.373 e. The van der Waals surface area contributed by atoms with E-state index in [-0.39, 0.29) is 6.54 Å². The Balaban J connectivity index is 2.10. The predicted octanol–water partition coefficient (Wildman–Crippen LogP) is 1.85. The molecule has 24 heavy (non-hydrogen) atoms. The van der Waals surface area contributed by atoms with Crippen molar-refractivity contribution in [2.75, 3.05) is 18.5 Å². The van der Waals surface area contributed by atoms with Gasteiger partial charge in [0.1, 0.15) is 5.41 Å². The fourth-order valence-corrected chi connectivity index (χ4v) is 3.68. The number of nitrogens with one attached hydrogen (secondary N) is 1. The lowest BCUT2D eigenvalue weighted by Crippen LogP contribution is -2.71. The average molecular weight is 329 g/mol. The smallest absolute Gasteiger partial charge is 0.331 e. The zero-order valence-electron chi connectivity index (χ0n) is 14.8. The molecule has 0 aliphatic carbocycles. The number of fused-ring (bicyclic) bond motifs is 1. The van der Waals surface area contributed by atoms with Crippen molar-refractivity contribution < 1.29 is 14.4 Å². The van der Waals surface area contributed by atoms with Crippen molar-refractivity contribution in [3.8, 4) is 0 Å². The third-order valence-electron chi connectivity index (χ3n) is 4.79. The summed E-state index contributed by atoms with van der Waals surface area (Å²) in [6.45, 7) is 7.61. The van der Waals surface area contributed by atoms with Gasteiger partial charge in [-0.2, -0.15) is 0 Å². The molecule has 1 saturated heterocycles. The molecule has 0 unspecified atom stereocenters. The number of hydrogen-bond acceptors (Lipinski definition) is 4. The number of urea groups is 1. The number of barbiturate groups is 1. The minimum absolute atomic E-state index is 0.258. The van der Waals surface area contributed by atoms with Gasteiger partial charge in [0.15, 0.2) is 0 Å². The highest BCUT2D eigenvalue weighted by Crippen LogP contribution is 2.40. The SMILES string of the molecule is Cc1ccc2c(c1)C[C@@]1(CN2C)C(=O)NC(=O)N(C(C)(C)C)C1=O. The first-order valence-corrected chi connectivity index (χ1v) is 8.07. The van der Waals surface area contributed by atoms with Gasteiger partial charge in [0.2, 0.25) is 11.8 Å². The minimum atomic E-state index is -1.27. The lowest BCUT2D eigenvalue weighted by molar-refractivity contribution is -0.154. The van der Waals surface area contributed by atoms with Crippen LogP contribution in [0, 0.1) is 12.3 Å². The van der Waals surface area contributed by atoms with Crippen LogP contribution >= 0.6 is 0 Å². The summed E-state index contributed by atoms with van der Waals surface area (Å²) in [7, 11) is 1.87. The van der Waals surface area contributed by atoms with Gasteiger partial charge in [0.05, 0.1) is 0 Å². The molecule has 1 aromatic carbocycles. The summed E-state index contributed by atoms with van der Waals surface area (Å²) in [5, 5.41) is 2.39. The van der Waals surface area contributed by atoms with Gasteiger partial charge in [0.25, 0.3) is 0 Å². The summed E-state index contributed by atoms with van der Waals surface area (Å²) in [6, 6.07) is 5.39. The molecular weight excluding hydrogens is 306 g/mol. The van der Waals surface area contributed by atoms with Crippen LogP contribution in [0.25, 0.3) is 0 Å². The van der Waals surface area contributed by atoms with Crippen LogP contribution in [-0.4, -0.2) is 41.9 Å². The van der Waals surface area contributed by atoms with Gasteiger partial charge >= 0.3 is 6.03 Å². The lowest BCUT2D eigenvalue weighted by Gasteiger charge is -2.48. The Bertz CT molecular complexity index is 750. The zero-order valence-corrected chi connectivity index (χ0v) is 14.8. The van der Waals surface area contributed by atoms with Crippen LogP contribution in [0.3, 0.4) is 0 Å². The van der Waals surface area contributed by atoms with Crippen LogP contribution < -0.4 is 10.2 Å². The summed E-state index contributed by atoms with van der Waals surface area (Å²) in [6.07, 6.45) is 0.304. The molecule has 1 fully saturated rings. The lowest BCUT2D eigenvalue weighted by atomic mass is 9.73. The average Bonchev–Trinajstić information content (AvgIpc) is 2.43. The van der Waals surface area contributed by atoms with Gasteiger partial charge in [-0.1, -0.05) is 17.7 Å². The van der Waals surface area contributed by atoms with E-state index < -0.39 is 28.8 Å². The highest BCUT2D eigenvalue weighted by Gasteiger charge is 2.58. The van der Waals surface area contributed by atoms with Gasteiger partial charge in [-0.05, 0) is 45.7 Å². The Morgan fingerprint density at radius 3 is 2.46 bits per heavy atom. The Labute approximate surface area is 141 Å². The summed E-state index contributed by atoms with van der Waals surface area (Å²) >= 11 is 0. The molecule has 0 aromatic heterocycles. The molecule has 4 amide bonds. The maximum absolute atomic E-state index is 13.2. The molecule has 0 radical (unpaired) electrons. The standard InChI is InChI=1S/C18H23N3O3/c1-11-6-7-13-12(8-11)9-18(10-20(13)5)14(22)19-16(24)21(15(18)23)17(2,3)4/h6-8H,9-10H2,1-5H3,(H,19,22,24)/t18-/m1/s1. The van der Waals surface area contributed by atoms with Crippen molar-refractivity contribution in [1.82, 2.24) is 10.2 Å². The first-order valence-electron chi connectivity index (χ1n) is 8.07. The predicted molar refractivity (Wildman–Crippen MR) is 90.7 cm³/mol. The van der Waals surface area contributed by atoms with Gasteiger partial charge in [-0.15, -0.1) is 0 Å². The number of carbonyl (C=O) groups excluding carboxylic acids is 3. The van der Waals surface area contributed by atoms with Crippen LogP contribution in [0.15, 0.2) is 18.2 Å². The summed E-state index contributed by atoms with van der Waals surface area (Å²) in [4.78, 5) is 41.3. The van der Waals surface area contributed by atoms with Crippen LogP contribution in [0.4, 0.5) is 10.5 Å². The van der Waals surface area contributed by atoms with Crippen molar-refractivity contribution in [3.05, 3.63) is 29.3 Å². The van der Waals surface area contributed by atoms with E-state index in [4.69, 9.17) is 0 Å². The Morgan fingerprint density at radius 2 is 1.83 bits per heavy atom. The fourth-order valence-electron chi connectivity index (χ4n) is 3.68. The summed E-state index contributed by atoms with van der Waals surface area (Å²) in [5.74, 6) is -0.917. The normalized spacial score (nSPS) is 24.3. The molecule has 1 N–H and O–H groups in total. The van der Waals surface area contributed by atoms with Crippen molar-refractivity contribution in [2.45, 2.75) is 39.7 Å². The van der Waals surface area contributed by atoms with Crippen molar-refractivity contribution in [2.24, 2.45) is 5.41 Å². The number of benzene rings is 1. The van der Waals surface area contributed by atoms with E-state index in [2.05, 4.69) is 5.32 Å². The molecule has 3 rings (SSSR count). The minimum Gasteiger partial charge on any atom is -0.373 e. The second-order valence-corrected chi connectivity index (χ2v) is 7.82. The van der Waals surface area contributed by atoms with E-state index in [9.17, 15) is 14.4 Å². The van der Waals surface area contributed by atoms with E-state index in [1.807, 2.05) is 37.1 Å². The third-order valence-corrected chi connectivity index (χ3v) is 4.79. The molecule has 2 heterocycles. The molecule has 128 valence electrons. The topological polar surface area (TPSA) is 69.7 Å². The summed E-state index contributed by atoms with van der Waals surface area (Å²) < 4.78 is 0. The third kappa shape index (κ3) is 2.28. The van der Waals surface area contributed by atoms with E-state index in [0.717, 1.165) is 16.8 Å². The van der Waals surface area contributed by atoms with E-state index >= 15 is 0 Å². The maximum atomic E-state index is 13.2. The number of nitrogens with zero attached hydrogens (tertiary/aromatic N) is 2. The molecular formula is C18H23N3O3. The first kappa shape index (κ1) is 16.5. The second-order valence-electron chi connectivity index (χ2n) is 7.82. The van der Waals surface area contributed by atoms with Crippen molar-refractivity contribution in [3.63, 3.8) is 0 Å². The van der Waals surface area contributed by atoms with Crippen LogP contribution in [0.2, 0.25) is 0 Å². The molecule has 1 spiro atoms. The van der Waals surface area contributed by atoms with Crippen LogP contribution in [0.5, 0.6) is 0 Å². The molecule has 2 aliphatic rings. The fraction of sp³-hybridized carbons (Fsp3) is 0.500. The van der Waals surface area contributed by atoms with E-state index in [1.165, 1.54) is 4.90 Å². The van der Waals surface area contributed by atoms with Crippen LogP contribution in [0.1, 0.15) is 31.9 Å². The number of carbonyl (C=O) groups is 3. The Kier molecular flexibility index (Phi) is 3.48.